The minimum atomic E-state index is -0.444. The van der Waals surface area contributed by atoms with E-state index in [1.165, 1.54) is 7.11 Å². The van der Waals surface area contributed by atoms with Gasteiger partial charge in [0.15, 0.2) is 0 Å². The van der Waals surface area contributed by atoms with Crippen LogP contribution in [0.25, 0.3) is 0 Å². The number of hydrogen-bond donors (Lipinski definition) is 1. The molecule has 6 heteroatoms. The number of rotatable bonds is 4. The number of methoxy groups -OCH3 is 1. The van der Waals surface area contributed by atoms with Gasteiger partial charge in [-0.05, 0) is 32.8 Å². The first-order valence-corrected chi connectivity index (χ1v) is 7.62. The van der Waals surface area contributed by atoms with Crippen molar-refractivity contribution in [1.82, 2.24) is 10.2 Å². The molecule has 2 rings (SSSR count). The maximum Gasteiger partial charge on any atom is 0.374 e. The van der Waals surface area contributed by atoms with Crippen LogP contribution in [0.5, 0.6) is 0 Å². The molecule has 1 amide bonds. The summed E-state index contributed by atoms with van der Waals surface area (Å²) in [6.45, 7) is 7.24. The van der Waals surface area contributed by atoms with Crippen molar-refractivity contribution >= 4 is 11.9 Å². The van der Waals surface area contributed by atoms with Crippen molar-refractivity contribution in [2.75, 3.05) is 20.2 Å². The number of amides is 1. The van der Waals surface area contributed by atoms with Crippen LogP contribution in [0.15, 0.2) is 10.5 Å². The number of hydrogen-bond acceptors (Lipinski definition) is 5. The third-order valence-electron chi connectivity index (χ3n) is 4.20. The first-order valence-electron chi connectivity index (χ1n) is 7.62. The van der Waals surface area contributed by atoms with Crippen LogP contribution in [0.1, 0.15) is 54.6 Å². The summed E-state index contributed by atoms with van der Waals surface area (Å²) in [5.41, 5.74) is 0.793. The minimum Gasteiger partial charge on any atom is -0.463 e. The maximum atomic E-state index is 11.6. The number of carbonyl (C=O) groups excluding carboxylic acids is 2. The number of carbonyl (C=O) groups is 2. The molecule has 1 aromatic heterocycles. The SMILES string of the molecule is COC(=O)c1oc([C@@H](C)N2CCC(NC(C)=O)CC2)cc1C. The van der Waals surface area contributed by atoms with E-state index in [1.54, 1.807) is 6.92 Å². The van der Waals surface area contributed by atoms with E-state index < -0.39 is 5.97 Å². The molecule has 1 aliphatic rings. The predicted octanol–water partition coefficient (Wildman–Crippen LogP) is 2.04. The molecule has 0 aliphatic carbocycles. The monoisotopic (exact) mass is 308 g/mol. The van der Waals surface area contributed by atoms with Crippen molar-refractivity contribution < 1.29 is 18.7 Å². The Kier molecular flexibility index (Phi) is 5.24. The highest BCUT2D eigenvalue weighted by molar-refractivity contribution is 5.87. The second kappa shape index (κ2) is 6.96. The average Bonchev–Trinajstić information content (AvgIpc) is 2.88. The number of nitrogens with zero attached hydrogens (tertiary/aromatic N) is 1. The molecule has 1 saturated heterocycles. The van der Waals surface area contributed by atoms with Crippen molar-refractivity contribution in [1.29, 1.82) is 0 Å². The van der Waals surface area contributed by atoms with Gasteiger partial charge in [0.1, 0.15) is 5.76 Å². The van der Waals surface area contributed by atoms with E-state index in [-0.39, 0.29) is 23.8 Å². The Morgan fingerprint density at radius 2 is 2.05 bits per heavy atom. The van der Waals surface area contributed by atoms with Gasteiger partial charge in [-0.15, -0.1) is 0 Å². The van der Waals surface area contributed by atoms with E-state index in [2.05, 4.69) is 17.1 Å². The van der Waals surface area contributed by atoms with Gasteiger partial charge in [0.25, 0.3) is 0 Å². The van der Waals surface area contributed by atoms with Crippen LogP contribution in [0, 0.1) is 6.92 Å². The fraction of sp³-hybridized carbons (Fsp3) is 0.625. The highest BCUT2D eigenvalue weighted by Gasteiger charge is 2.27. The summed E-state index contributed by atoms with van der Waals surface area (Å²) in [4.78, 5) is 25.0. The van der Waals surface area contributed by atoms with Gasteiger partial charge in [-0.3, -0.25) is 9.69 Å². The molecule has 6 nitrogen and oxygen atoms in total. The molecule has 0 bridgehead atoms. The van der Waals surface area contributed by atoms with E-state index in [0.29, 0.717) is 0 Å². The van der Waals surface area contributed by atoms with E-state index >= 15 is 0 Å². The molecular weight excluding hydrogens is 284 g/mol. The van der Waals surface area contributed by atoms with E-state index in [0.717, 1.165) is 37.3 Å². The fourth-order valence-corrected chi connectivity index (χ4v) is 2.91. The molecule has 22 heavy (non-hydrogen) atoms. The van der Waals surface area contributed by atoms with Gasteiger partial charge in [0, 0.05) is 31.6 Å². The Morgan fingerprint density at radius 1 is 1.41 bits per heavy atom. The quantitative estimate of drug-likeness (QED) is 0.862. The Hall–Kier alpha value is -1.82. The van der Waals surface area contributed by atoms with Crippen molar-refractivity contribution in [3.8, 4) is 0 Å². The highest BCUT2D eigenvalue weighted by atomic mass is 16.5. The zero-order valence-corrected chi connectivity index (χ0v) is 13.6. The Balaban J connectivity index is 1.99. The van der Waals surface area contributed by atoms with Crippen molar-refractivity contribution in [3.63, 3.8) is 0 Å². The molecule has 0 saturated carbocycles. The third kappa shape index (κ3) is 3.68. The lowest BCUT2D eigenvalue weighted by Crippen LogP contribution is -2.44. The van der Waals surface area contributed by atoms with Crippen LogP contribution >= 0.6 is 0 Å². The number of piperidine rings is 1. The molecule has 2 heterocycles. The van der Waals surface area contributed by atoms with Gasteiger partial charge in [0.2, 0.25) is 11.7 Å². The minimum absolute atomic E-state index is 0.0240. The number of likely N-dealkylation sites (tertiary alicyclic amines) is 1. The zero-order chi connectivity index (χ0) is 16.3. The first kappa shape index (κ1) is 16.5. The Labute approximate surface area is 130 Å². The molecule has 0 aromatic carbocycles. The molecule has 0 unspecified atom stereocenters. The normalized spacial score (nSPS) is 18.0. The number of ether oxygens (including phenoxy) is 1. The van der Waals surface area contributed by atoms with Gasteiger partial charge >= 0.3 is 5.97 Å². The van der Waals surface area contributed by atoms with Gasteiger partial charge in [0.05, 0.1) is 13.2 Å². The average molecular weight is 308 g/mol. The summed E-state index contributed by atoms with van der Waals surface area (Å²) < 4.78 is 10.4. The molecule has 1 aromatic rings. The lowest BCUT2D eigenvalue weighted by molar-refractivity contribution is -0.120. The predicted molar refractivity (Wildman–Crippen MR) is 81.6 cm³/mol. The van der Waals surface area contributed by atoms with Crippen LogP contribution in [0.3, 0.4) is 0 Å². The Bertz CT molecular complexity index is 544. The lowest BCUT2D eigenvalue weighted by atomic mass is 10.0. The van der Waals surface area contributed by atoms with Crippen LogP contribution in [0.4, 0.5) is 0 Å². The number of aryl methyl sites for hydroxylation is 1. The molecule has 1 atom stereocenters. The number of esters is 1. The third-order valence-corrected chi connectivity index (χ3v) is 4.20. The maximum absolute atomic E-state index is 11.6. The second-order valence-corrected chi connectivity index (χ2v) is 5.84. The lowest BCUT2D eigenvalue weighted by Gasteiger charge is -2.35. The van der Waals surface area contributed by atoms with Crippen LogP contribution in [0.2, 0.25) is 0 Å². The summed E-state index contributed by atoms with van der Waals surface area (Å²) >= 11 is 0. The van der Waals surface area contributed by atoms with E-state index in [9.17, 15) is 9.59 Å². The molecule has 122 valence electrons. The Morgan fingerprint density at radius 3 is 2.59 bits per heavy atom. The molecule has 1 aliphatic heterocycles. The van der Waals surface area contributed by atoms with Gasteiger partial charge in [-0.1, -0.05) is 0 Å². The summed E-state index contributed by atoms with van der Waals surface area (Å²) in [7, 11) is 1.35. The standard InChI is InChI=1S/C16H24N2O4/c1-10-9-14(22-15(10)16(20)21-4)11(2)18-7-5-13(6-8-18)17-12(3)19/h9,11,13H,5-8H2,1-4H3,(H,17,19)/t11-/m1/s1. The van der Waals surface area contributed by atoms with Crippen molar-refractivity contribution in [2.45, 2.75) is 45.7 Å². The van der Waals surface area contributed by atoms with Gasteiger partial charge in [-0.25, -0.2) is 4.79 Å². The van der Waals surface area contributed by atoms with Gasteiger partial charge in [-0.2, -0.15) is 0 Å². The molecule has 1 N–H and O–H groups in total. The topological polar surface area (TPSA) is 71.8 Å². The first-order chi connectivity index (χ1) is 10.4. The summed E-state index contributed by atoms with van der Waals surface area (Å²) in [6.07, 6.45) is 1.85. The molecule has 0 spiro atoms. The highest BCUT2D eigenvalue weighted by Crippen LogP contribution is 2.28. The summed E-state index contributed by atoms with van der Waals surface area (Å²) in [6, 6.07) is 2.25. The number of furan rings is 1. The van der Waals surface area contributed by atoms with Crippen LogP contribution in [-0.2, 0) is 9.53 Å². The van der Waals surface area contributed by atoms with Crippen molar-refractivity contribution in [2.24, 2.45) is 0 Å². The zero-order valence-electron chi connectivity index (χ0n) is 13.6. The van der Waals surface area contributed by atoms with Gasteiger partial charge < -0.3 is 14.5 Å². The summed E-state index contributed by atoms with van der Waals surface area (Å²) in [5.74, 6) is 0.629. The smallest absolute Gasteiger partial charge is 0.374 e. The molecular formula is C16H24N2O4. The van der Waals surface area contributed by atoms with E-state index in [1.807, 2.05) is 13.0 Å². The van der Waals surface area contributed by atoms with Crippen LogP contribution in [-0.4, -0.2) is 43.0 Å². The summed E-state index contributed by atoms with van der Waals surface area (Å²) in [5, 5.41) is 2.97. The van der Waals surface area contributed by atoms with Crippen molar-refractivity contribution in [3.05, 3.63) is 23.2 Å². The second-order valence-electron chi connectivity index (χ2n) is 5.84. The van der Waals surface area contributed by atoms with E-state index in [4.69, 9.17) is 9.15 Å². The van der Waals surface area contributed by atoms with Crippen LogP contribution < -0.4 is 5.32 Å². The number of nitrogens with one attached hydrogen (secondary N) is 1. The largest absolute Gasteiger partial charge is 0.463 e. The molecule has 1 fully saturated rings. The molecule has 0 radical (unpaired) electrons. The fourth-order valence-electron chi connectivity index (χ4n) is 2.91.